The number of rotatable bonds is 3. The Bertz CT molecular complexity index is 157. The zero-order valence-corrected chi connectivity index (χ0v) is 6.25. The van der Waals surface area contributed by atoms with Crippen molar-refractivity contribution in [2.24, 2.45) is 5.92 Å². The summed E-state index contributed by atoms with van der Waals surface area (Å²) in [7, 11) is 0. The second kappa shape index (κ2) is 4.11. The molecule has 0 amide bonds. The number of allylic oxidation sites excluding steroid dienone is 2. The lowest BCUT2D eigenvalue weighted by atomic mass is 10.0. The second-order valence-electron chi connectivity index (χ2n) is 2.80. The van der Waals surface area contributed by atoms with Gasteiger partial charge in [0.25, 0.3) is 0 Å². The van der Waals surface area contributed by atoms with Crippen LogP contribution in [-0.2, 0) is 9.74 Å². The molecule has 0 aromatic carbocycles. The summed E-state index contributed by atoms with van der Waals surface area (Å²) in [6.45, 7) is 0. The molecule has 0 aliphatic heterocycles. The Morgan fingerprint density at radius 1 is 1.55 bits per heavy atom. The van der Waals surface area contributed by atoms with Crippen molar-refractivity contribution < 1.29 is 14.3 Å². The van der Waals surface area contributed by atoms with E-state index in [0.29, 0.717) is 5.92 Å². The van der Waals surface area contributed by atoms with Gasteiger partial charge in [-0.05, 0) is 25.2 Å². The Morgan fingerprint density at radius 3 is 2.73 bits per heavy atom. The quantitative estimate of drug-likeness (QED) is 0.588. The molecule has 0 radical (unpaired) electrons. The van der Waals surface area contributed by atoms with Gasteiger partial charge in [-0.2, -0.15) is 0 Å². The Balaban J connectivity index is 2.07. The minimum absolute atomic E-state index is 0.197. The van der Waals surface area contributed by atoms with Gasteiger partial charge in [0.1, 0.15) is 0 Å². The van der Waals surface area contributed by atoms with Gasteiger partial charge in [0, 0.05) is 10.9 Å². The molecule has 2 nitrogen and oxygen atoms in total. The highest BCUT2D eigenvalue weighted by Gasteiger charge is 2.12. The summed E-state index contributed by atoms with van der Waals surface area (Å²) in [6.07, 6.45) is 7.13. The van der Waals surface area contributed by atoms with E-state index >= 15 is 0 Å². The maximum Gasteiger partial charge on any atom is 0.348 e. The van der Waals surface area contributed by atoms with Crippen molar-refractivity contribution in [1.29, 1.82) is 0 Å². The summed E-state index contributed by atoms with van der Waals surface area (Å²) in [5.41, 5.74) is 0. The van der Waals surface area contributed by atoms with E-state index in [-0.39, 0.29) is 6.42 Å². The Kier molecular flexibility index (Phi) is 3.08. The van der Waals surface area contributed by atoms with E-state index < -0.39 is 5.97 Å². The Hall–Kier alpha value is -0.860. The molecule has 1 aliphatic rings. The van der Waals surface area contributed by atoms with Crippen LogP contribution >= 0.6 is 0 Å². The van der Waals surface area contributed by atoms with Crippen LogP contribution in [0.1, 0.15) is 25.7 Å². The number of halogens is 1. The molecule has 0 aromatic rings. The van der Waals surface area contributed by atoms with Crippen molar-refractivity contribution in [3.05, 3.63) is 12.2 Å². The summed E-state index contributed by atoms with van der Waals surface area (Å²) < 4.78 is 11.2. The smallest absolute Gasteiger partial charge is 0.255 e. The third-order valence-electron chi connectivity index (χ3n) is 1.95. The molecule has 0 saturated carbocycles. The molecule has 1 aliphatic carbocycles. The molecular formula is C8H11FO2. The molecule has 62 valence electrons. The predicted molar refractivity (Wildman–Crippen MR) is 38.3 cm³/mol. The van der Waals surface area contributed by atoms with Gasteiger partial charge in [-0.15, -0.1) is 0 Å². The highest BCUT2D eigenvalue weighted by Crippen LogP contribution is 2.22. The van der Waals surface area contributed by atoms with Crippen molar-refractivity contribution in [2.45, 2.75) is 25.7 Å². The van der Waals surface area contributed by atoms with Crippen LogP contribution in [0.25, 0.3) is 0 Å². The molecular weight excluding hydrogens is 147 g/mol. The van der Waals surface area contributed by atoms with Gasteiger partial charge in [-0.25, -0.2) is 4.79 Å². The molecule has 0 aromatic heterocycles. The topological polar surface area (TPSA) is 26.3 Å². The van der Waals surface area contributed by atoms with E-state index in [1.165, 1.54) is 0 Å². The van der Waals surface area contributed by atoms with E-state index in [1.54, 1.807) is 0 Å². The van der Waals surface area contributed by atoms with Crippen molar-refractivity contribution in [3.63, 3.8) is 0 Å². The van der Waals surface area contributed by atoms with Crippen molar-refractivity contribution >= 4 is 5.97 Å². The number of hydrogen-bond acceptors (Lipinski definition) is 2. The van der Waals surface area contributed by atoms with Gasteiger partial charge in [0.2, 0.25) is 0 Å². The Labute approximate surface area is 64.9 Å². The largest absolute Gasteiger partial charge is 0.348 e. The molecule has 0 unspecified atom stereocenters. The summed E-state index contributed by atoms with van der Waals surface area (Å²) in [5.74, 6) is -0.231. The van der Waals surface area contributed by atoms with Crippen molar-refractivity contribution in [2.75, 3.05) is 0 Å². The molecule has 0 saturated heterocycles. The fourth-order valence-electron chi connectivity index (χ4n) is 1.27. The average Bonchev–Trinajstić information content (AvgIpc) is 2.52. The summed E-state index contributed by atoms with van der Waals surface area (Å²) in [4.78, 5) is 13.4. The van der Waals surface area contributed by atoms with Crippen molar-refractivity contribution in [1.82, 2.24) is 0 Å². The average molecular weight is 158 g/mol. The molecule has 1 rings (SSSR count). The monoisotopic (exact) mass is 158 g/mol. The van der Waals surface area contributed by atoms with Crippen LogP contribution in [0.3, 0.4) is 0 Å². The zero-order valence-electron chi connectivity index (χ0n) is 6.25. The van der Waals surface area contributed by atoms with E-state index in [4.69, 9.17) is 0 Å². The molecule has 11 heavy (non-hydrogen) atoms. The van der Waals surface area contributed by atoms with Gasteiger partial charge in [-0.3, -0.25) is 4.94 Å². The number of hydrogen-bond donors (Lipinski definition) is 0. The van der Waals surface area contributed by atoms with Gasteiger partial charge in [0.05, 0.1) is 0 Å². The van der Waals surface area contributed by atoms with Crippen LogP contribution in [0.4, 0.5) is 4.53 Å². The lowest BCUT2D eigenvalue weighted by Crippen LogP contribution is -2.02. The summed E-state index contributed by atoms with van der Waals surface area (Å²) >= 11 is 0. The molecule has 3 heteroatoms. The third kappa shape index (κ3) is 2.70. The maximum absolute atomic E-state index is 11.2. The van der Waals surface area contributed by atoms with Crippen LogP contribution in [0.2, 0.25) is 0 Å². The summed E-state index contributed by atoms with van der Waals surface area (Å²) in [5, 5.41) is 0. The molecule has 0 fully saturated rings. The molecule has 0 heterocycles. The van der Waals surface area contributed by atoms with Gasteiger partial charge in [0.15, 0.2) is 0 Å². The van der Waals surface area contributed by atoms with E-state index in [9.17, 15) is 9.32 Å². The van der Waals surface area contributed by atoms with E-state index in [1.807, 2.05) is 0 Å². The SMILES string of the molecule is O=C(CCC1CC=CC1)OF. The van der Waals surface area contributed by atoms with Gasteiger partial charge >= 0.3 is 5.97 Å². The Morgan fingerprint density at radius 2 is 2.18 bits per heavy atom. The molecule has 0 bridgehead atoms. The highest BCUT2D eigenvalue weighted by molar-refractivity contribution is 5.68. The maximum atomic E-state index is 11.2. The highest BCUT2D eigenvalue weighted by atomic mass is 19.3. The van der Waals surface area contributed by atoms with Crippen LogP contribution in [0.15, 0.2) is 12.2 Å². The van der Waals surface area contributed by atoms with Gasteiger partial charge in [-0.1, -0.05) is 12.2 Å². The lowest BCUT2D eigenvalue weighted by Gasteiger charge is -2.04. The predicted octanol–water partition coefficient (Wildman–Crippen LogP) is 2.16. The van der Waals surface area contributed by atoms with Crippen LogP contribution in [0.5, 0.6) is 0 Å². The fourth-order valence-corrected chi connectivity index (χ4v) is 1.27. The molecule has 0 spiro atoms. The molecule has 0 N–H and O–H groups in total. The minimum atomic E-state index is -0.753. The van der Waals surface area contributed by atoms with Crippen LogP contribution in [0, 0.1) is 5.92 Å². The number of carbonyl (C=O) groups excluding carboxylic acids is 1. The first kappa shape index (κ1) is 8.24. The normalized spacial score (nSPS) is 17.2. The first-order valence-electron chi connectivity index (χ1n) is 3.79. The second-order valence-corrected chi connectivity index (χ2v) is 2.80. The lowest BCUT2D eigenvalue weighted by molar-refractivity contribution is -0.183. The zero-order chi connectivity index (χ0) is 8.10. The number of carbonyl (C=O) groups is 1. The van der Waals surface area contributed by atoms with E-state index in [2.05, 4.69) is 17.1 Å². The third-order valence-corrected chi connectivity index (χ3v) is 1.95. The van der Waals surface area contributed by atoms with E-state index in [0.717, 1.165) is 19.3 Å². The summed E-state index contributed by atoms with van der Waals surface area (Å²) in [6, 6.07) is 0. The van der Waals surface area contributed by atoms with Crippen LogP contribution in [-0.4, -0.2) is 5.97 Å². The fraction of sp³-hybridized carbons (Fsp3) is 0.625. The van der Waals surface area contributed by atoms with Crippen LogP contribution < -0.4 is 0 Å². The minimum Gasteiger partial charge on any atom is -0.255 e. The first-order valence-corrected chi connectivity index (χ1v) is 3.79. The van der Waals surface area contributed by atoms with Gasteiger partial charge < -0.3 is 0 Å². The van der Waals surface area contributed by atoms with Crippen molar-refractivity contribution in [3.8, 4) is 0 Å². The molecule has 0 atom stereocenters. The first-order chi connectivity index (χ1) is 5.33. The standard InChI is InChI=1S/C8H11FO2/c9-11-8(10)6-5-7-3-1-2-4-7/h1-2,7H,3-6H2.